The van der Waals surface area contributed by atoms with Crippen LogP contribution in [-0.2, 0) is 22.7 Å². The zero-order valence-electron chi connectivity index (χ0n) is 17.7. The van der Waals surface area contributed by atoms with Crippen molar-refractivity contribution in [1.82, 2.24) is 4.90 Å². The summed E-state index contributed by atoms with van der Waals surface area (Å²) in [6.07, 6.45) is 1.57. The van der Waals surface area contributed by atoms with Gasteiger partial charge in [-0.2, -0.15) is 0 Å². The number of amides is 2. The summed E-state index contributed by atoms with van der Waals surface area (Å²) in [5.74, 6) is -0.795. The molecule has 1 aliphatic heterocycles. The molecule has 34 heavy (non-hydrogen) atoms. The van der Waals surface area contributed by atoms with Crippen LogP contribution >= 0.6 is 27.7 Å². The summed E-state index contributed by atoms with van der Waals surface area (Å²) in [7, 11) is 1.23. The van der Waals surface area contributed by atoms with Crippen LogP contribution in [0.3, 0.4) is 0 Å². The number of ether oxygens (including phenoxy) is 2. The van der Waals surface area contributed by atoms with Gasteiger partial charge in [0.25, 0.3) is 11.1 Å². The Labute approximate surface area is 206 Å². The van der Waals surface area contributed by atoms with Crippen molar-refractivity contribution in [3.8, 4) is 5.75 Å². The predicted molar refractivity (Wildman–Crippen MR) is 126 cm³/mol. The number of nitrogens with zero attached hydrogens (tertiary/aromatic N) is 1. The monoisotopic (exact) mass is 545 g/mol. The number of hydrogen-bond donors (Lipinski definition) is 0. The Morgan fingerprint density at radius 2 is 2.00 bits per heavy atom. The zero-order valence-corrected chi connectivity index (χ0v) is 20.2. The van der Waals surface area contributed by atoms with Crippen molar-refractivity contribution in [1.29, 1.82) is 0 Å². The maximum atomic E-state index is 13.4. The van der Waals surface area contributed by atoms with Gasteiger partial charge in [0.2, 0.25) is 5.76 Å². The molecular formula is C24H17BrFNO6S. The molecule has 2 aromatic carbocycles. The first kappa shape index (κ1) is 23.8. The second-order valence-corrected chi connectivity index (χ2v) is 9.04. The summed E-state index contributed by atoms with van der Waals surface area (Å²) >= 11 is 4.19. The number of rotatable bonds is 7. The van der Waals surface area contributed by atoms with Crippen LogP contribution in [0.1, 0.15) is 27.4 Å². The molecule has 2 heterocycles. The largest absolute Gasteiger partial charge is 0.488 e. The minimum atomic E-state index is -0.652. The highest BCUT2D eigenvalue weighted by Crippen LogP contribution is 2.36. The number of imide groups is 1. The number of furan rings is 1. The fraction of sp³-hybridized carbons (Fsp3) is 0.125. The SMILES string of the molecule is COC(=O)c1ccc(CN2C(=O)S/C(=C/c3cc(Br)ccc3OCc3cccc(F)c3)C2=O)o1. The molecule has 1 fully saturated rings. The summed E-state index contributed by atoms with van der Waals surface area (Å²) in [4.78, 5) is 38.2. The second-order valence-electron chi connectivity index (χ2n) is 7.13. The molecule has 0 N–H and O–H groups in total. The molecule has 7 nitrogen and oxygen atoms in total. The number of esters is 1. The lowest BCUT2D eigenvalue weighted by Crippen LogP contribution is -2.27. The van der Waals surface area contributed by atoms with E-state index >= 15 is 0 Å². The Bertz CT molecular complexity index is 1300. The van der Waals surface area contributed by atoms with E-state index in [-0.39, 0.29) is 35.4 Å². The number of halogens is 2. The Morgan fingerprint density at radius 1 is 1.18 bits per heavy atom. The molecule has 0 spiro atoms. The van der Waals surface area contributed by atoms with Crippen molar-refractivity contribution < 1.29 is 32.7 Å². The number of hydrogen-bond acceptors (Lipinski definition) is 7. The molecule has 0 bridgehead atoms. The molecule has 0 aliphatic carbocycles. The lowest BCUT2D eigenvalue weighted by molar-refractivity contribution is -0.123. The van der Waals surface area contributed by atoms with Gasteiger partial charge < -0.3 is 13.9 Å². The van der Waals surface area contributed by atoms with Crippen molar-refractivity contribution in [2.45, 2.75) is 13.2 Å². The van der Waals surface area contributed by atoms with E-state index in [1.54, 1.807) is 36.4 Å². The van der Waals surface area contributed by atoms with Crippen LogP contribution in [0, 0.1) is 5.82 Å². The number of benzene rings is 2. The van der Waals surface area contributed by atoms with Crippen molar-refractivity contribution in [2.75, 3.05) is 7.11 Å². The quantitative estimate of drug-likeness (QED) is 0.274. The smallest absolute Gasteiger partial charge is 0.373 e. The first-order chi connectivity index (χ1) is 16.3. The lowest BCUT2D eigenvalue weighted by Gasteiger charge is -2.11. The predicted octanol–water partition coefficient (Wildman–Crippen LogP) is 5.78. The summed E-state index contributed by atoms with van der Waals surface area (Å²) in [6.45, 7) is 0.00312. The Hall–Kier alpha value is -3.37. The highest BCUT2D eigenvalue weighted by Gasteiger charge is 2.36. The van der Waals surface area contributed by atoms with Crippen molar-refractivity contribution in [3.63, 3.8) is 0 Å². The number of carbonyl (C=O) groups excluding carboxylic acids is 3. The minimum Gasteiger partial charge on any atom is -0.488 e. The Morgan fingerprint density at radius 3 is 2.76 bits per heavy atom. The molecule has 1 aliphatic rings. The van der Waals surface area contributed by atoms with Crippen LogP contribution in [0.2, 0.25) is 0 Å². The average molecular weight is 546 g/mol. The summed E-state index contributed by atoms with van der Waals surface area (Å²) in [5, 5.41) is -0.468. The van der Waals surface area contributed by atoms with Gasteiger partial charge in [-0.05, 0) is 65.9 Å². The van der Waals surface area contributed by atoms with Gasteiger partial charge in [0.05, 0.1) is 18.6 Å². The van der Waals surface area contributed by atoms with E-state index in [0.29, 0.717) is 16.9 Å². The van der Waals surface area contributed by atoms with Gasteiger partial charge in [-0.15, -0.1) is 0 Å². The van der Waals surface area contributed by atoms with Crippen LogP contribution in [0.5, 0.6) is 5.75 Å². The third kappa shape index (κ3) is 5.40. The fourth-order valence-electron chi connectivity index (χ4n) is 3.16. The van der Waals surface area contributed by atoms with E-state index in [0.717, 1.165) is 21.1 Å². The van der Waals surface area contributed by atoms with E-state index in [2.05, 4.69) is 20.7 Å². The molecule has 0 saturated carbocycles. The minimum absolute atomic E-state index is 0.0192. The van der Waals surface area contributed by atoms with Crippen LogP contribution in [0.25, 0.3) is 6.08 Å². The third-order valence-corrected chi connectivity index (χ3v) is 6.18. The second kappa shape index (κ2) is 10.3. The van der Waals surface area contributed by atoms with Gasteiger partial charge in [0.1, 0.15) is 23.9 Å². The maximum Gasteiger partial charge on any atom is 0.373 e. The molecule has 174 valence electrons. The van der Waals surface area contributed by atoms with Gasteiger partial charge in [-0.3, -0.25) is 14.5 Å². The first-order valence-electron chi connectivity index (χ1n) is 9.93. The normalized spacial score (nSPS) is 14.7. The molecule has 4 rings (SSSR count). The summed E-state index contributed by atoms with van der Waals surface area (Å²) < 4.78 is 30.0. The van der Waals surface area contributed by atoms with E-state index < -0.39 is 17.1 Å². The molecule has 1 aromatic heterocycles. The molecule has 0 atom stereocenters. The van der Waals surface area contributed by atoms with E-state index in [4.69, 9.17) is 9.15 Å². The van der Waals surface area contributed by atoms with Gasteiger partial charge in [-0.25, -0.2) is 9.18 Å². The van der Waals surface area contributed by atoms with E-state index in [9.17, 15) is 18.8 Å². The zero-order chi connectivity index (χ0) is 24.2. The highest BCUT2D eigenvalue weighted by atomic mass is 79.9. The Kier molecular flexibility index (Phi) is 7.18. The van der Waals surface area contributed by atoms with Crippen molar-refractivity contribution in [3.05, 3.63) is 92.4 Å². The highest BCUT2D eigenvalue weighted by molar-refractivity contribution is 9.10. The van der Waals surface area contributed by atoms with Gasteiger partial charge in [-0.1, -0.05) is 28.1 Å². The van der Waals surface area contributed by atoms with E-state index in [1.165, 1.54) is 31.4 Å². The maximum absolute atomic E-state index is 13.4. The van der Waals surface area contributed by atoms with E-state index in [1.807, 2.05) is 0 Å². The van der Waals surface area contributed by atoms with Gasteiger partial charge >= 0.3 is 5.97 Å². The van der Waals surface area contributed by atoms with Crippen LogP contribution in [-0.4, -0.2) is 29.1 Å². The summed E-state index contributed by atoms with van der Waals surface area (Å²) in [5.41, 5.74) is 1.22. The lowest BCUT2D eigenvalue weighted by atomic mass is 10.1. The standard InChI is InChI=1S/C24H17BrFNO6S/c1-31-23(29)20-8-6-18(33-20)12-27-22(28)21(34-24(27)30)11-15-10-16(25)5-7-19(15)32-13-14-3-2-4-17(26)9-14/h2-11H,12-13H2,1H3/b21-11+. The average Bonchev–Trinajstić information content (AvgIpc) is 3.38. The van der Waals surface area contributed by atoms with Gasteiger partial charge in [0, 0.05) is 10.0 Å². The molecule has 1 saturated heterocycles. The van der Waals surface area contributed by atoms with Crippen LogP contribution in [0.4, 0.5) is 9.18 Å². The summed E-state index contributed by atoms with van der Waals surface area (Å²) in [6, 6.07) is 14.2. The van der Waals surface area contributed by atoms with Crippen LogP contribution in [0.15, 0.2) is 68.4 Å². The first-order valence-corrected chi connectivity index (χ1v) is 11.5. The molecule has 2 amide bonds. The number of carbonyl (C=O) groups is 3. The van der Waals surface area contributed by atoms with Crippen LogP contribution < -0.4 is 4.74 Å². The molecule has 10 heteroatoms. The third-order valence-electron chi connectivity index (χ3n) is 4.78. The molecular weight excluding hydrogens is 529 g/mol. The Balaban J connectivity index is 1.52. The van der Waals surface area contributed by atoms with Crippen molar-refractivity contribution in [2.24, 2.45) is 0 Å². The number of thioether (sulfide) groups is 1. The fourth-order valence-corrected chi connectivity index (χ4v) is 4.37. The molecule has 0 radical (unpaired) electrons. The van der Waals surface area contributed by atoms with Crippen molar-refractivity contribution >= 4 is 50.9 Å². The topological polar surface area (TPSA) is 86.0 Å². The number of methoxy groups -OCH3 is 1. The molecule has 3 aromatic rings. The van der Waals surface area contributed by atoms with Gasteiger partial charge in [0.15, 0.2) is 0 Å². The molecule has 0 unspecified atom stereocenters.